The first-order valence-corrected chi connectivity index (χ1v) is 4.90. The summed E-state index contributed by atoms with van der Waals surface area (Å²) in [6, 6.07) is 0. The lowest BCUT2D eigenvalue weighted by atomic mass is 10.2. The van der Waals surface area contributed by atoms with Crippen LogP contribution in [0, 0.1) is 0 Å². The van der Waals surface area contributed by atoms with E-state index in [1.807, 2.05) is 6.92 Å². The lowest BCUT2D eigenvalue weighted by molar-refractivity contribution is -0.143. The molecule has 0 aromatic carbocycles. The first kappa shape index (κ1) is 12.1. The van der Waals surface area contributed by atoms with Crippen LogP contribution in [0.1, 0.15) is 45.4 Å². The zero-order valence-corrected chi connectivity index (χ0v) is 8.25. The summed E-state index contributed by atoms with van der Waals surface area (Å²) in [5.41, 5.74) is 0. The van der Waals surface area contributed by atoms with Crippen molar-refractivity contribution < 1.29 is 14.3 Å². The van der Waals surface area contributed by atoms with Gasteiger partial charge in [0.1, 0.15) is 6.29 Å². The van der Waals surface area contributed by atoms with Crippen molar-refractivity contribution in [2.24, 2.45) is 0 Å². The van der Waals surface area contributed by atoms with Gasteiger partial charge in [0.05, 0.1) is 6.61 Å². The minimum absolute atomic E-state index is 0.113. The van der Waals surface area contributed by atoms with E-state index >= 15 is 0 Å². The molecule has 0 aromatic rings. The fourth-order valence-corrected chi connectivity index (χ4v) is 0.969. The average Bonchev–Trinajstić information content (AvgIpc) is 2.11. The Labute approximate surface area is 79.5 Å². The SMILES string of the molecule is CCCC(=O)OCCCCCC=O. The van der Waals surface area contributed by atoms with Crippen LogP contribution in [0.4, 0.5) is 0 Å². The highest BCUT2D eigenvalue weighted by Gasteiger charge is 1.99. The number of esters is 1. The summed E-state index contributed by atoms with van der Waals surface area (Å²) in [6.45, 7) is 2.45. The average molecular weight is 186 g/mol. The Hall–Kier alpha value is -0.860. The molecule has 0 radical (unpaired) electrons. The van der Waals surface area contributed by atoms with Crippen molar-refractivity contribution in [1.82, 2.24) is 0 Å². The molecule has 13 heavy (non-hydrogen) atoms. The second-order valence-electron chi connectivity index (χ2n) is 2.99. The van der Waals surface area contributed by atoms with Gasteiger partial charge in [-0.2, -0.15) is 0 Å². The van der Waals surface area contributed by atoms with E-state index in [4.69, 9.17) is 4.74 Å². The highest BCUT2D eigenvalue weighted by molar-refractivity contribution is 5.69. The molecule has 3 nitrogen and oxygen atoms in total. The molecule has 76 valence electrons. The molecule has 0 aromatic heterocycles. The van der Waals surface area contributed by atoms with Gasteiger partial charge in [0, 0.05) is 12.8 Å². The summed E-state index contributed by atoms with van der Waals surface area (Å²) >= 11 is 0. The molecular weight excluding hydrogens is 168 g/mol. The van der Waals surface area contributed by atoms with Crippen LogP contribution in [-0.4, -0.2) is 18.9 Å². The molecule has 0 amide bonds. The molecule has 0 atom stereocenters. The van der Waals surface area contributed by atoms with Crippen LogP contribution in [0.25, 0.3) is 0 Å². The first-order valence-electron chi connectivity index (χ1n) is 4.90. The van der Waals surface area contributed by atoms with Crippen molar-refractivity contribution in [2.45, 2.75) is 45.4 Å². The molecule has 3 heteroatoms. The van der Waals surface area contributed by atoms with Crippen molar-refractivity contribution in [3.63, 3.8) is 0 Å². The van der Waals surface area contributed by atoms with Gasteiger partial charge in [0.15, 0.2) is 0 Å². The number of hydrogen-bond acceptors (Lipinski definition) is 3. The molecule has 0 aliphatic carbocycles. The smallest absolute Gasteiger partial charge is 0.305 e. The van der Waals surface area contributed by atoms with Crippen LogP contribution in [0.3, 0.4) is 0 Å². The predicted octanol–water partition coefficient (Wildman–Crippen LogP) is 2.09. The van der Waals surface area contributed by atoms with Crippen molar-refractivity contribution in [1.29, 1.82) is 0 Å². The topological polar surface area (TPSA) is 43.4 Å². The minimum atomic E-state index is -0.113. The molecule has 0 spiro atoms. The zero-order valence-electron chi connectivity index (χ0n) is 8.25. The fraction of sp³-hybridized carbons (Fsp3) is 0.800. The third-order valence-electron chi connectivity index (χ3n) is 1.68. The Balaban J connectivity index is 3.06. The van der Waals surface area contributed by atoms with E-state index in [0.29, 0.717) is 19.4 Å². The van der Waals surface area contributed by atoms with Crippen LogP contribution in [-0.2, 0) is 14.3 Å². The van der Waals surface area contributed by atoms with Gasteiger partial charge in [0.2, 0.25) is 0 Å². The Morgan fingerprint density at radius 3 is 2.69 bits per heavy atom. The van der Waals surface area contributed by atoms with Crippen LogP contribution in [0.2, 0.25) is 0 Å². The van der Waals surface area contributed by atoms with Gasteiger partial charge in [0.25, 0.3) is 0 Å². The third kappa shape index (κ3) is 9.05. The van der Waals surface area contributed by atoms with E-state index in [1.54, 1.807) is 0 Å². The minimum Gasteiger partial charge on any atom is -0.466 e. The van der Waals surface area contributed by atoms with Crippen LogP contribution >= 0.6 is 0 Å². The lowest BCUT2D eigenvalue weighted by Gasteiger charge is -2.02. The molecule has 0 aliphatic rings. The number of rotatable bonds is 8. The fourth-order valence-electron chi connectivity index (χ4n) is 0.969. The van der Waals surface area contributed by atoms with Crippen LogP contribution in [0.5, 0.6) is 0 Å². The maximum Gasteiger partial charge on any atom is 0.305 e. The number of unbranched alkanes of at least 4 members (excludes halogenated alkanes) is 3. The van der Waals surface area contributed by atoms with Gasteiger partial charge in [-0.1, -0.05) is 6.92 Å². The van der Waals surface area contributed by atoms with E-state index in [2.05, 4.69) is 0 Å². The van der Waals surface area contributed by atoms with Crippen molar-refractivity contribution in [3.05, 3.63) is 0 Å². The molecule has 0 unspecified atom stereocenters. The summed E-state index contributed by atoms with van der Waals surface area (Å²) in [6.07, 6.45) is 5.60. The summed E-state index contributed by atoms with van der Waals surface area (Å²) in [4.78, 5) is 20.8. The standard InChI is InChI=1S/C10H18O3/c1-2-7-10(12)13-9-6-4-3-5-8-11/h8H,2-7,9H2,1H3. The van der Waals surface area contributed by atoms with Crippen molar-refractivity contribution in [3.8, 4) is 0 Å². The van der Waals surface area contributed by atoms with Gasteiger partial charge in [-0.25, -0.2) is 0 Å². The highest BCUT2D eigenvalue weighted by Crippen LogP contribution is 1.99. The lowest BCUT2D eigenvalue weighted by Crippen LogP contribution is -2.04. The maximum absolute atomic E-state index is 10.9. The van der Waals surface area contributed by atoms with Gasteiger partial charge >= 0.3 is 5.97 Å². The second-order valence-corrected chi connectivity index (χ2v) is 2.99. The predicted molar refractivity (Wildman–Crippen MR) is 50.4 cm³/mol. The molecular formula is C10H18O3. The van der Waals surface area contributed by atoms with Crippen molar-refractivity contribution in [2.75, 3.05) is 6.61 Å². The Morgan fingerprint density at radius 2 is 2.08 bits per heavy atom. The summed E-state index contributed by atoms with van der Waals surface area (Å²) < 4.78 is 4.94. The van der Waals surface area contributed by atoms with Crippen LogP contribution in [0.15, 0.2) is 0 Å². The van der Waals surface area contributed by atoms with E-state index in [1.165, 1.54) is 0 Å². The normalized spacial score (nSPS) is 9.62. The van der Waals surface area contributed by atoms with E-state index in [-0.39, 0.29) is 5.97 Å². The molecule has 0 saturated heterocycles. The number of hydrogen-bond donors (Lipinski definition) is 0. The summed E-state index contributed by atoms with van der Waals surface area (Å²) in [5.74, 6) is -0.113. The zero-order chi connectivity index (χ0) is 9.94. The maximum atomic E-state index is 10.9. The first-order chi connectivity index (χ1) is 6.31. The molecule has 0 bridgehead atoms. The Bertz CT molecular complexity index is 143. The Morgan fingerprint density at radius 1 is 1.31 bits per heavy atom. The van der Waals surface area contributed by atoms with Gasteiger partial charge in [-0.05, 0) is 25.7 Å². The van der Waals surface area contributed by atoms with Crippen molar-refractivity contribution >= 4 is 12.3 Å². The quantitative estimate of drug-likeness (QED) is 0.331. The van der Waals surface area contributed by atoms with E-state index < -0.39 is 0 Å². The van der Waals surface area contributed by atoms with Gasteiger partial charge in [-0.3, -0.25) is 4.79 Å². The van der Waals surface area contributed by atoms with E-state index in [0.717, 1.165) is 32.0 Å². The van der Waals surface area contributed by atoms with Crippen LogP contribution < -0.4 is 0 Å². The molecule has 0 heterocycles. The third-order valence-corrected chi connectivity index (χ3v) is 1.68. The van der Waals surface area contributed by atoms with Gasteiger partial charge < -0.3 is 9.53 Å². The molecule has 0 aliphatic heterocycles. The number of carbonyl (C=O) groups is 2. The number of carbonyl (C=O) groups excluding carboxylic acids is 2. The highest BCUT2D eigenvalue weighted by atomic mass is 16.5. The summed E-state index contributed by atoms with van der Waals surface area (Å²) in [5, 5.41) is 0. The number of ether oxygens (including phenoxy) is 1. The van der Waals surface area contributed by atoms with E-state index in [9.17, 15) is 9.59 Å². The largest absolute Gasteiger partial charge is 0.466 e. The molecule has 0 fully saturated rings. The molecule has 0 N–H and O–H groups in total. The molecule has 0 saturated carbocycles. The monoisotopic (exact) mass is 186 g/mol. The van der Waals surface area contributed by atoms with Gasteiger partial charge in [-0.15, -0.1) is 0 Å². The number of aldehydes is 1. The Kier molecular flexibility index (Phi) is 8.62. The second kappa shape index (κ2) is 9.23. The molecule has 0 rings (SSSR count). The summed E-state index contributed by atoms with van der Waals surface area (Å²) in [7, 11) is 0.